The molecule has 0 radical (unpaired) electrons. The second-order valence-corrected chi connectivity index (χ2v) is 8.18. The van der Waals surface area contributed by atoms with Gasteiger partial charge in [0.05, 0.1) is 19.1 Å². The van der Waals surface area contributed by atoms with Crippen LogP contribution in [0.15, 0.2) is 47.3 Å². The lowest BCUT2D eigenvalue weighted by Crippen LogP contribution is -2.50. The number of carbonyl (C=O) groups is 1. The summed E-state index contributed by atoms with van der Waals surface area (Å²) in [6.45, 7) is 3.97. The Kier molecular flexibility index (Phi) is 6.21. The van der Waals surface area contributed by atoms with Crippen LogP contribution in [0.3, 0.4) is 0 Å². The first kappa shape index (κ1) is 20.0. The summed E-state index contributed by atoms with van der Waals surface area (Å²) in [5.74, 6) is 1.20. The maximum atomic E-state index is 12.5. The van der Waals surface area contributed by atoms with Crippen LogP contribution in [-0.4, -0.2) is 49.8 Å². The van der Waals surface area contributed by atoms with Crippen molar-refractivity contribution in [1.29, 1.82) is 0 Å². The SMILES string of the molecule is COCCNC(=O)C[C@H]1CC2(CCN(Cc3ccoc3)CC2)Oc2ccccc21. The first-order chi connectivity index (χ1) is 14.2. The highest BCUT2D eigenvalue weighted by molar-refractivity contribution is 5.77. The molecule has 1 aromatic carbocycles. The Labute approximate surface area is 172 Å². The molecule has 1 amide bonds. The Hall–Kier alpha value is -2.31. The van der Waals surface area contributed by atoms with Gasteiger partial charge in [0, 0.05) is 51.2 Å². The number of para-hydroxylation sites is 1. The van der Waals surface area contributed by atoms with E-state index in [0.717, 1.165) is 50.2 Å². The van der Waals surface area contributed by atoms with Crippen LogP contribution in [0, 0.1) is 0 Å². The van der Waals surface area contributed by atoms with Crippen LogP contribution in [0.25, 0.3) is 0 Å². The molecule has 0 bridgehead atoms. The van der Waals surface area contributed by atoms with Gasteiger partial charge >= 0.3 is 0 Å². The van der Waals surface area contributed by atoms with Crippen molar-refractivity contribution in [1.82, 2.24) is 10.2 Å². The summed E-state index contributed by atoms with van der Waals surface area (Å²) in [5.41, 5.74) is 2.18. The van der Waals surface area contributed by atoms with Gasteiger partial charge in [-0.15, -0.1) is 0 Å². The molecule has 0 unspecified atom stereocenters. The van der Waals surface area contributed by atoms with Crippen LogP contribution in [-0.2, 0) is 16.1 Å². The first-order valence-electron chi connectivity index (χ1n) is 10.4. The van der Waals surface area contributed by atoms with Gasteiger partial charge in [0.25, 0.3) is 0 Å². The molecule has 2 aliphatic heterocycles. The molecular formula is C23H30N2O4. The number of piperidine rings is 1. The average molecular weight is 399 g/mol. The molecule has 156 valence electrons. The molecule has 1 saturated heterocycles. The molecule has 6 heteroatoms. The number of furan rings is 1. The van der Waals surface area contributed by atoms with Crippen LogP contribution in [0.2, 0.25) is 0 Å². The molecule has 6 nitrogen and oxygen atoms in total. The summed E-state index contributed by atoms with van der Waals surface area (Å²) in [6, 6.07) is 10.2. The van der Waals surface area contributed by atoms with E-state index in [1.807, 2.05) is 30.5 Å². The van der Waals surface area contributed by atoms with Gasteiger partial charge in [-0.05, 0) is 37.0 Å². The minimum absolute atomic E-state index is 0.0799. The van der Waals surface area contributed by atoms with Gasteiger partial charge in [0.1, 0.15) is 11.4 Å². The lowest BCUT2D eigenvalue weighted by atomic mass is 9.76. The zero-order valence-electron chi connectivity index (χ0n) is 17.1. The largest absolute Gasteiger partial charge is 0.487 e. The number of likely N-dealkylation sites (tertiary alicyclic amines) is 1. The summed E-state index contributed by atoms with van der Waals surface area (Å²) in [6.07, 6.45) is 6.87. The number of hydrogen-bond donors (Lipinski definition) is 1. The quantitative estimate of drug-likeness (QED) is 0.725. The van der Waals surface area contributed by atoms with E-state index < -0.39 is 0 Å². The van der Waals surface area contributed by atoms with Crippen molar-refractivity contribution in [2.24, 2.45) is 0 Å². The molecule has 0 aliphatic carbocycles. The molecular weight excluding hydrogens is 368 g/mol. The van der Waals surface area contributed by atoms with Crippen LogP contribution in [0.5, 0.6) is 5.75 Å². The van der Waals surface area contributed by atoms with Crippen molar-refractivity contribution in [3.05, 3.63) is 54.0 Å². The molecule has 1 fully saturated rings. The number of rotatable bonds is 7. The van der Waals surface area contributed by atoms with Gasteiger partial charge in [-0.2, -0.15) is 0 Å². The molecule has 4 rings (SSSR count). The van der Waals surface area contributed by atoms with Crippen molar-refractivity contribution in [2.75, 3.05) is 33.4 Å². The summed E-state index contributed by atoms with van der Waals surface area (Å²) in [5, 5.41) is 2.96. The highest BCUT2D eigenvalue weighted by Gasteiger charge is 2.43. The van der Waals surface area contributed by atoms with Crippen molar-refractivity contribution in [3.63, 3.8) is 0 Å². The maximum Gasteiger partial charge on any atom is 0.220 e. The van der Waals surface area contributed by atoms with Crippen LogP contribution in [0.4, 0.5) is 0 Å². The molecule has 1 aromatic heterocycles. The number of amides is 1. The number of fused-ring (bicyclic) bond motifs is 1. The Bertz CT molecular complexity index is 797. The average Bonchev–Trinajstić information content (AvgIpc) is 3.23. The van der Waals surface area contributed by atoms with E-state index in [1.54, 1.807) is 13.4 Å². The smallest absolute Gasteiger partial charge is 0.220 e. The molecule has 1 atom stereocenters. The van der Waals surface area contributed by atoms with Gasteiger partial charge in [0.15, 0.2) is 0 Å². The third-order valence-electron chi connectivity index (χ3n) is 6.12. The standard InChI is InChI=1S/C23H30N2O4/c1-27-13-9-24-22(26)14-19-15-23(29-21-5-3-2-4-20(19)21)7-10-25(11-8-23)16-18-6-12-28-17-18/h2-6,12,17,19H,7-11,13-16H2,1H3,(H,24,26)/t19-/m0/s1. The van der Waals surface area contributed by atoms with Crippen LogP contribution in [0.1, 0.15) is 42.7 Å². The number of methoxy groups -OCH3 is 1. The molecule has 1 spiro atoms. The topological polar surface area (TPSA) is 63.9 Å². The molecule has 29 heavy (non-hydrogen) atoms. The fourth-order valence-corrected chi connectivity index (χ4v) is 4.58. The Morgan fingerprint density at radius 2 is 2.10 bits per heavy atom. The van der Waals surface area contributed by atoms with E-state index >= 15 is 0 Å². The summed E-state index contributed by atoms with van der Waals surface area (Å²) in [4.78, 5) is 14.9. The Balaban J connectivity index is 1.42. The van der Waals surface area contributed by atoms with Gasteiger partial charge in [-0.1, -0.05) is 18.2 Å². The normalized spacial score (nSPS) is 20.8. The van der Waals surface area contributed by atoms with E-state index in [4.69, 9.17) is 13.9 Å². The monoisotopic (exact) mass is 398 g/mol. The maximum absolute atomic E-state index is 12.5. The van der Waals surface area contributed by atoms with Crippen LogP contribution >= 0.6 is 0 Å². The predicted octanol–water partition coefficient (Wildman–Crippen LogP) is 3.33. The fourth-order valence-electron chi connectivity index (χ4n) is 4.58. The summed E-state index contributed by atoms with van der Waals surface area (Å²) >= 11 is 0. The van der Waals surface area contributed by atoms with Gasteiger partial charge < -0.3 is 19.2 Å². The molecule has 1 N–H and O–H groups in total. The number of nitrogens with zero attached hydrogens (tertiary/aromatic N) is 1. The van der Waals surface area contributed by atoms with E-state index in [0.29, 0.717) is 19.6 Å². The minimum atomic E-state index is -0.182. The molecule has 2 aliphatic rings. The fraction of sp³-hybridized carbons (Fsp3) is 0.522. The molecule has 0 saturated carbocycles. The van der Waals surface area contributed by atoms with Gasteiger partial charge in [0.2, 0.25) is 5.91 Å². The first-order valence-corrected chi connectivity index (χ1v) is 10.4. The predicted molar refractivity (Wildman–Crippen MR) is 110 cm³/mol. The molecule has 2 aromatic rings. The van der Waals surface area contributed by atoms with Gasteiger partial charge in [-0.3, -0.25) is 9.69 Å². The van der Waals surface area contributed by atoms with E-state index in [-0.39, 0.29) is 17.4 Å². The van der Waals surface area contributed by atoms with Crippen molar-refractivity contribution >= 4 is 5.91 Å². The number of benzene rings is 1. The lowest BCUT2D eigenvalue weighted by molar-refractivity contribution is -0.122. The highest BCUT2D eigenvalue weighted by atomic mass is 16.5. The zero-order valence-corrected chi connectivity index (χ0v) is 17.1. The van der Waals surface area contributed by atoms with Crippen molar-refractivity contribution in [2.45, 2.75) is 43.7 Å². The van der Waals surface area contributed by atoms with Crippen LogP contribution < -0.4 is 10.1 Å². The summed E-state index contributed by atoms with van der Waals surface area (Å²) in [7, 11) is 1.64. The van der Waals surface area contributed by atoms with Crippen molar-refractivity contribution in [3.8, 4) is 5.75 Å². The van der Waals surface area contributed by atoms with E-state index in [9.17, 15) is 4.79 Å². The van der Waals surface area contributed by atoms with Gasteiger partial charge in [-0.25, -0.2) is 0 Å². The molecule has 3 heterocycles. The van der Waals surface area contributed by atoms with E-state index in [2.05, 4.69) is 16.3 Å². The Morgan fingerprint density at radius 1 is 1.28 bits per heavy atom. The lowest BCUT2D eigenvalue weighted by Gasteiger charge is -2.47. The Morgan fingerprint density at radius 3 is 2.86 bits per heavy atom. The highest BCUT2D eigenvalue weighted by Crippen LogP contribution is 2.46. The van der Waals surface area contributed by atoms with Crippen molar-refractivity contribution < 1.29 is 18.7 Å². The third-order valence-corrected chi connectivity index (χ3v) is 6.12. The minimum Gasteiger partial charge on any atom is -0.487 e. The number of ether oxygens (including phenoxy) is 2. The van der Waals surface area contributed by atoms with E-state index in [1.165, 1.54) is 5.56 Å². The summed E-state index contributed by atoms with van der Waals surface area (Å²) < 4.78 is 16.8. The number of carbonyl (C=O) groups excluding carboxylic acids is 1. The number of nitrogens with one attached hydrogen (secondary N) is 1. The third kappa shape index (κ3) is 4.82. The second kappa shape index (κ2) is 9.01. The second-order valence-electron chi connectivity index (χ2n) is 8.18. The zero-order chi connectivity index (χ0) is 20.1. The number of hydrogen-bond acceptors (Lipinski definition) is 5.